The monoisotopic (exact) mass is 302 g/mol. The lowest BCUT2D eigenvalue weighted by Crippen LogP contribution is -2.26. The number of hydrogen-bond acceptors (Lipinski definition) is 4. The van der Waals surface area contributed by atoms with Gasteiger partial charge in [0.2, 0.25) is 5.95 Å². The van der Waals surface area contributed by atoms with Gasteiger partial charge in [-0.2, -0.15) is 18.2 Å². The maximum Gasteiger partial charge on any atom is 0.433 e. The molecule has 0 amide bonds. The van der Waals surface area contributed by atoms with Crippen LogP contribution in [0, 0.1) is 5.92 Å². The van der Waals surface area contributed by atoms with Crippen molar-refractivity contribution in [1.29, 1.82) is 0 Å². The summed E-state index contributed by atoms with van der Waals surface area (Å²) in [4.78, 5) is 9.62. The lowest BCUT2D eigenvalue weighted by molar-refractivity contribution is -0.141. The third kappa shape index (κ3) is 3.98. The van der Waals surface area contributed by atoms with E-state index in [9.17, 15) is 13.2 Å². The smallest absolute Gasteiger partial charge is 0.357 e. The Balaban J connectivity index is 2.26. The Morgan fingerprint density at radius 1 is 1.29 bits per heavy atom. The van der Waals surface area contributed by atoms with Crippen LogP contribution in [0.3, 0.4) is 0 Å². The quantitative estimate of drug-likeness (QED) is 0.927. The molecule has 2 heterocycles. The molecule has 1 atom stereocenters. The number of hydrogen-bond donors (Lipinski definition) is 1. The number of halogens is 3. The number of aromatic nitrogens is 2. The number of rotatable bonds is 3. The molecule has 0 saturated carbocycles. The predicted molar refractivity (Wildman–Crippen MR) is 76.4 cm³/mol. The molecule has 2 rings (SSSR count). The molecule has 0 aliphatic carbocycles. The Bertz CT molecular complexity index is 476. The standard InChI is InChI=1S/C14H21F3N4/c1-3-10-5-4-7-21(8-6-10)12-9-11(14(15,16)17)19-13(18-2)20-12/h9-10H,3-8H2,1-2H3,(H,18,19,20). The Morgan fingerprint density at radius 2 is 2.05 bits per heavy atom. The fraction of sp³-hybridized carbons (Fsp3) is 0.714. The zero-order valence-corrected chi connectivity index (χ0v) is 12.4. The second-order valence-corrected chi connectivity index (χ2v) is 5.37. The first-order chi connectivity index (χ1) is 9.94. The minimum absolute atomic E-state index is 0.0103. The van der Waals surface area contributed by atoms with E-state index in [1.807, 2.05) is 4.90 Å². The summed E-state index contributed by atoms with van der Waals surface area (Å²) in [5.41, 5.74) is -0.895. The van der Waals surface area contributed by atoms with E-state index in [0.29, 0.717) is 11.7 Å². The number of nitrogens with one attached hydrogen (secondary N) is 1. The van der Waals surface area contributed by atoms with Gasteiger partial charge in [-0.1, -0.05) is 13.3 Å². The molecule has 1 aromatic heterocycles. The summed E-state index contributed by atoms with van der Waals surface area (Å²) in [6.45, 7) is 3.65. The second-order valence-electron chi connectivity index (χ2n) is 5.37. The molecular weight excluding hydrogens is 281 g/mol. The third-order valence-electron chi connectivity index (χ3n) is 3.98. The van der Waals surface area contributed by atoms with E-state index in [2.05, 4.69) is 22.2 Å². The van der Waals surface area contributed by atoms with Crippen molar-refractivity contribution in [2.24, 2.45) is 5.92 Å². The normalized spacial score (nSPS) is 20.2. The molecule has 0 bridgehead atoms. The van der Waals surface area contributed by atoms with E-state index in [4.69, 9.17) is 0 Å². The van der Waals surface area contributed by atoms with Crippen LogP contribution in [0.1, 0.15) is 38.3 Å². The highest BCUT2D eigenvalue weighted by Crippen LogP contribution is 2.31. The lowest BCUT2D eigenvalue weighted by atomic mass is 9.98. The van der Waals surface area contributed by atoms with Gasteiger partial charge in [0.25, 0.3) is 0 Å². The molecule has 4 nitrogen and oxygen atoms in total. The van der Waals surface area contributed by atoms with Gasteiger partial charge in [-0.05, 0) is 25.2 Å². The van der Waals surface area contributed by atoms with Gasteiger partial charge in [0, 0.05) is 26.2 Å². The average molecular weight is 302 g/mol. The van der Waals surface area contributed by atoms with Crippen molar-refractivity contribution in [1.82, 2.24) is 9.97 Å². The second kappa shape index (κ2) is 6.49. The van der Waals surface area contributed by atoms with Crippen LogP contribution in [0.4, 0.5) is 24.9 Å². The highest BCUT2D eigenvalue weighted by molar-refractivity contribution is 5.45. The summed E-state index contributed by atoms with van der Waals surface area (Å²) in [5.74, 6) is 1.03. The minimum Gasteiger partial charge on any atom is -0.357 e. The number of alkyl halides is 3. The van der Waals surface area contributed by atoms with Crippen LogP contribution in [0.5, 0.6) is 0 Å². The first-order valence-corrected chi connectivity index (χ1v) is 7.33. The van der Waals surface area contributed by atoms with Crippen LogP contribution in [0.2, 0.25) is 0 Å². The largest absolute Gasteiger partial charge is 0.433 e. The Morgan fingerprint density at radius 3 is 2.67 bits per heavy atom. The Kier molecular flexibility index (Phi) is 4.90. The minimum atomic E-state index is -4.46. The highest BCUT2D eigenvalue weighted by Gasteiger charge is 2.34. The molecule has 1 aliphatic heterocycles. The van der Waals surface area contributed by atoms with Gasteiger partial charge < -0.3 is 10.2 Å². The zero-order chi connectivity index (χ0) is 15.5. The van der Waals surface area contributed by atoms with Gasteiger partial charge in [-0.3, -0.25) is 0 Å². The summed E-state index contributed by atoms with van der Waals surface area (Å²) in [5, 5.41) is 2.61. The van der Waals surface area contributed by atoms with Crippen LogP contribution in [-0.2, 0) is 6.18 Å². The number of nitrogens with zero attached hydrogens (tertiary/aromatic N) is 3. The summed E-state index contributed by atoms with van der Waals surface area (Å²) < 4.78 is 38.7. The van der Waals surface area contributed by atoms with Crippen molar-refractivity contribution in [2.45, 2.75) is 38.8 Å². The van der Waals surface area contributed by atoms with Crippen molar-refractivity contribution >= 4 is 11.8 Å². The van der Waals surface area contributed by atoms with Crippen LogP contribution >= 0.6 is 0 Å². The fourth-order valence-electron chi connectivity index (χ4n) is 2.66. The molecule has 1 unspecified atom stereocenters. The average Bonchev–Trinajstić information content (AvgIpc) is 2.71. The van der Waals surface area contributed by atoms with Gasteiger partial charge in [-0.15, -0.1) is 0 Å². The molecule has 7 heteroatoms. The summed E-state index contributed by atoms with van der Waals surface area (Å²) in [6, 6.07) is 1.05. The molecular formula is C14H21F3N4. The molecule has 1 saturated heterocycles. The van der Waals surface area contributed by atoms with Crippen molar-refractivity contribution < 1.29 is 13.2 Å². The van der Waals surface area contributed by atoms with E-state index in [0.717, 1.165) is 44.8 Å². The third-order valence-corrected chi connectivity index (χ3v) is 3.98. The van der Waals surface area contributed by atoms with Crippen molar-refractivity contribution in [3.05, 3.63) is 11.8 Å². The van der Waals surface area contributed by atoms with Gasteiger partial charge in [0.15, 0.2) is 5.69 Å². The van der Waals surface area contributed by atoms with E-state index >= 15 is 0 Å². The molecule has 0 aromatic carbocycles. The first-order valence-electron chi connectivity index (χ1n) is 7.33. The number of anilines is 2. The van der Waals surface area contributed by atoms with E-state index in [-0.39, 0.29) is 5.95 Å². The predicted octanol–water partition coefficient (Wildman–Crippen LogP) is 3.55. The summed E-state index contributed by atoms with van der Waals surface area (Å²) in [7, 11) is 1.52. The van der Waals surface area contributed by atoms with Gasteiger partial charge in [0.1, 0.15) is 5.82 Å². The van der Waals surface area contributed by atoms with Crippen LogP contribution in [-0.4, -0.2) is 30.1 Å². The Hall–Kier alpha value is -1.53. The molecule has 1 N–H and O–H groups in total. The summed E-state index contributed by atoms with van der Waals surface area (Å²) >= 11 is 0. The van der Waals surface area contributed by atoms with Gasteiger partial charge in [-0.25, -0.2) is 4.98 Å². The SMILES string of the molecule is CCC1CCCN(c2cc(C(F)(F)F)nc(NC)n2)CC1. The molecule has 0 radical (unpaired) electrons. The van der Waals surface area contributed by atoms with Crippen molar-refractivity contribution in [2.75, 3.05) is 30.4 Å². The maximum absolute atomic E-state index is 12.9. The van der Waals surface area contributed by atoms with Gasteiger partial charge >= 0.3 is 6.18 Å². The fourth-order valence-corrected chi connectivity index (χ4v) is 2.66. The highest BCUT2D eigenvalue weighted by atomic mass is 19.4. The lowest BCUT2D eigenvalue weighted by Gasteiger charge is -2.23. The van der Waals surface area contributed by atoms with Crippen LogP contribution in [0.15, 0.2) is 6.07 Å². The molecule has 0 spiro atoms. The maximum atomic E-state index is 12.9. The molecule has 118 valence electrons. The van der Waals surface area contributed by atoms with E-state index in [1.165, 1.54) is 7.05 Å². The van der Waals surface area contributed by atoms with Crippen molar-refractivity contribution in [3.8, 4) is 0 Å². The van der Waals surface area contributed by atoms with E-state index < -0.39 is 11.9 Å². The molecule has 1 aliphatic rings. The first kappa shape index (κ1) is 15.9. The van der Waals surface area contributed by atoms with E-state index in [1.54, 1.807) is 0 Å². The molecule has 21 heavy (non-hydrogen) atoms. The van der Waals surface area contributed by atoms with Gasteiger partial charge in [0.05, 0.1) is 0 Å². The molecule has 1 fully saturated rings. The van der Waals surface area contributed by atoms with Crippen LogP contribution in [0.25, 0.3) is 0 Å². The Labute approximate surface area is 122 Å². The van der Waals surface area contributed by atoms with Crippen LogP contribution < -0.4 is 10.2 Å². The summed E-state index contributed by atoms with van der Waals surface area (Å²) in [6.07, 6.45) is -0.229. The van der Waals surface area contributed by atoms with Crippen molar-refractivity contribution in [3.63, 3.8) is 0 Å². The molecule has 1 aromatic rings. The zero-order valence-electron chi connectivity index (χ0n) is 12.4. The topological polar surface area (TPSA) is 41.1 Å².